The summed E-state index contributed by atoms with van der Waals surface area (Å²) in [5, 5.41) is 14.8. The number of aryl methyl sites for hydroxylation is 1. The van der Waals surface area contributed by atoms with Crippen LogP contribution in [-0.4, -0.2) is 25.7 Å². The number of rotatable bonds is 3. The quantitative estimate of drug-likeness (QED) is 0.351. The Bertz CT molecular complexity index is 391. The van der Waals surface area contributed by atoms with Crippen LogP contribution in [0, 0.1) is 10.1 Å². The van der Waals surface area contributed by atoms with E-state index < -0.39 is 4.92 Å². The highest BCUT2D eigenvalue weighted by Gasteiger charge is 2.20. The average Bonchev–Trinajstić information content (AvgIpc) is 2.47. The topological polar surface area (TPSA) is 70.2 Å². The molecular weight excluding hydrogens is 238 g/mol. The molecule has 0 aliphatic rings. The first kappa shape index (κ1) is 11.9. The molecule has 0 radical (unpaired) electrons. The van der Waals surface area contributed by atoms with Gasteiger partial charge in [-0.3, -0.25) is 14.8 Å². The van der Waals surface area contributed by atoms with Gasteiger partial charge in [0.1, 0.15) is 6.20 Å². The predicted octanol–water partition coefficient (Wildman–Crippen LogP) is 1.74. The second-order valence-corrected chi connectivity index (χ2v) is 4.13. The molecule has 82 valence electrons. The van der Waals surface area contributed by atoms with Crippen molar-refractivity contribution in [2.45, 2.75) is 11.9 Å². The van der Waals surface area contributed by atoms with Crippen LogP contribution in [0.25, 0.3) is 0 Å². The minimum atomic E-state index is -0.496. The summed E-state index contributed by atoms with van der Waals surface area (Å²) in [7, 11) is 1.61. The number of ether oxygens (including phenoxy) is 1. The van der Waals surface area contributed by atoms with Crippen LogP contribution in [0.4, 0.5) is 5.69 Å². The van der Waals surface area contributed by atoms with Crippen LogP contribution in [0.2, 0.25) is 0 Å². The fourth-order valence-corrected chi connectivity index (χ4v) is 1.97. The largest absolute Gasteiger partial charge is 0.479 e. The molecule has 0 unspecified atom stereocenters. The van der Waals surface area contributed by atoms with Crippen molar-refractivity contribution in [3.8, 4) is 0 Å². The van der Waals surface area contributed by atoms with Crippen molar-refractivity contribution >= 4 is 34.0 Å². The minimum absolute atomic E-state index is 0.0652. The maximum Gasteiger partial charge on any atom is 0.321 e. The van der Waals surface area contributed by atoms with E-state index in [4.69, 9.17) is 17.0 Å². The minimum Gasteiger partial charge on any atom is -0.479 e. The summed E-state index contributed by atoms with van der Waals surface area (Å²) in [6.45, 7) is 2.23. The fourth-order valence-electron chi connectivity index (χ4n) is 0.880. The molecule has 0 aliphatic carbocycles. The lowest BCUT2D eigenvalue weighted by atomic mass is 10.6. The molecule has 1 rings (SSSR count). The summed E-state index contributed by atoms with van der Waals surface area (Å²) in [6.07, 6.45) is 1.33. The molecule has 0 amide bonds. The molecule has 6 nitrogen and oxygen atoms in total. The van der Waals surface area contributed by atoms with Gasteiger partial charge in [-0.25, -0.2) is 0 Å². The van der Waals surface area contributed by atoms with Gasteiger partial charge in [-0.15, -0.1) is 0 Å². The first-order valence-corrected chi connectivity index (χ1v) is 5.29. The zero-order valence-corrected chi connectivity index (χ0v) is 9.80. The van der Waals surface area contributed by atoms with E-state index >= 15 is 0 Å². The molecule has 0 fully saturated rings. The van der Waals surface area contributed by atoms with Gasteiger partial charge in [0.25, 0.3) is 0 Å². The van der Waals surface area contributed by atoms with Gasteiger partial charge in [-0.05, 0) is 30.9 Å². The third kappa shape index (κ3) is 3.17. The molecule has 0 bridgehead atoms. The Balaban J connectivity index is 2.84. The molecule has 0 aliphatic heterocycles. The zero-order valence-electron chi connectivity index (χ0n) is 8.17. The summed E-state index contributed by atoms with van der Waals surface area (Å²) in [6, 6.07) is 0. The van der Waals surface area contributed by atoms with E-state index in [1.54, 1.807) is 14.0 Å². The Morgan fingerprint density at radius 3 is 3.07 bits per heavy atom. The molecule has 15 heavy (non-hydrogen) atoms. The molecule has 0 aromatic carbocycles. The molecule has 0 saturated carbocycles. The molecule has 8 heteroatoms. The molecule has 0 saturated heterocycles. The van der Waals surface area contributed by atoms with Crippen molar-refractivity contribution in [3.63, 3.8) is 0 Å². The Morgan fingerprint density at radius 2 is 2.53 bits per heavy atom. The van der Waals surface area contributed by atoms with Crippen LogP contribution in [0.15, 0.2) is 11.2 Å². The second kappa shape index (κ2) is 5.08. The van der Waals surface area contributed by atoms with Crippen molar-refractivity contribution in [2.75, 3.05) is 6.61 Å². The number of hydrogen-bond acceptors (Lipinski definition) is 6. The van der Waals surface area contributed by atoms with E-state index in [-0.39, 0.29) is 15.1 Å². The van der Waals surface area contributed by atoms with Gasteiger partial charge in [0.2, 0.25) is 9.41 Å². The van der Waals surface area contributed by atoms with Gasteiger partial charge < -0.3 is 4.74 Å². The molecule has 0 N–H and O–H groups in total. The Kier molecular flexibility index (Phi) is 4.04. The lowest BCUT2D eigenvalue weighted by Gasteiger charge is -2.00. The monoisotopic (exact) mass is 247 g/mol. The Morgan fingerprint density at radius 1 is 1.87 bits per heavy atom. The van der Waals surface area contributed by atoms with E-state index in [0.717, 1.165) is 11.8 Å². The van der Waals surface area contributed by atoms with Crippen LogP contribution in [0.3, 0.4) is 0 Å². The highest BCUT2D eigenvalue weighted by atomic mass is 32.2. The van der Waals surface area contributed by atoms with Gasteiger partial charge in [0.05, 0.1) is 11.5 Å². The smallest absolute Gasteiger partial charge is 0.321 e. The van der Waals surface area contributed by atoms with Crippen molar-refractivity contribution < 1.29 is 9.66 Å². The van der Waals surface area contributed by atoms with E-state index in [0.29, 0.717) is 6.61 Å². The lowest BCUT2D eigenvalue weighted by molar-refractivity contribution is -0.387. The second-order valence-electron chi connectivity index (χ2n) is 2.54. The highest BCUT2D eigenvalue weighted by Crippen LogP contribution is 2.28. The molecule has 1 aromatic heterocycles. The van der Waals surface area contributed by atoms with Crippen LogP contribution >= 0.6 is 24.0 Å². The van der Waals surface area contributed by atoms with Crippen molar-refractivity contribution in [2.24, 2.45) is 7.05 Å². The van der Waals surface area contributed by atoms with Gasteiger partial charge >= 0.3 is 5.69 Å². The molecule has 1 aromatic rings. The summed E-state index contributed by atoms with van der Waals surface area (Å²) in [5.74, 6) is 0. The van der Waals surface area contributed by atoms with E-state index in [1.807, 2.05) is 0 Å². The summed E-state index contributed by atoms with van der Waals surface area (Å²) >= 11 is 5.84. The predicted molar refractivity (Wildman–Crippen MR) is 59.9 cm³/mol. The van der Waals surface area contributed by atoms with Crippen LogP contribution < -0.4 is 0 Å². The number of aromatic nitrogens is 2. The van der Waals surface area contributed by atoms with Gasteiger partial charge in [0.15, 0.2) is 0 Å². The molecule has 1 heterocycles. The van der Waals surface area contributed by atoms with E-state index in [1.165, 1.54) is 10.9 Å². The van der Waals surface area contributed by atoms with Crippen LogP contribution in [0.1, 0.15) is 6.92 Å². The van der Waals surface area contributed by atoms with Crippen molar-refractivity contribution in [1.29, 1.82) is 0 Å². The van der Waals surface area contributed by atoms with Crippen LogP contribution in [-0.2, 0) is 11.8 Å². The number of thioether (sulfide) groups is 1. The maximum absolute atomic E-state index is 10.6. The summed E-state index contributed by atoms with van der Waals surface area (Å²) in [5.41, 5.74) is -0.0652. The average molecular weight is 247 g/mol. The molecular formula is C7H9N3O3S2. The first-order valence-electron chi connectivity index (χ1n) is 4.07. The summed E-state index contributed by atoms with van der Waals surface area (Å²) < 4.78 is 6.62. The number of nitro groups is 1. The third-order valence-electron chi connectivity index (χ3n) is 1.42. The lowest BCUT2D eigenvalue weighted by Crippen LogP contribution is -1.97. The first-order chi connectivity index (χ1) is 7.04. The Hall–Kier alpha value is -1.15. The van der Waals surface area contributed by atoms with Gasteiger partial charge in [0, 0.05) is 7.05 Å². The number of thiocarbonyl (C=S) groups is 1. The third-order valence-corrected chi connectivity index (χ3v) is 2.55. The SMILES string of the molecule is CCOC(=S)Sc1nn(C)cc1[N+](=O)[O-]. The van der Waals surface area contributed by atoms with Gasteiger partial charge in [-0.1, -0.05) is 0 Å². The summed E-state index contributed by atoms with van der Waals surface area (Å²) in [4.78, 5) is 10.1. The van der Waals surface area contributed by atoms with E-state index in [2.05, 4.69) is 5.10 Å². The van der Waals surface area contributed by atoms with Crippen molar-refractivity contribution in [3.05, 3.63) is 16.3 Å². The highest BCUT2D eigenvalue weighted by molar-refractivity contribution is 8.22. The number of hydrogen-bond donors (Lipinski definition) is 0. The Labute approximate surface area is 95.7 Å². The standard InChI is InChI=1S/C7H9N3O3S2/c1-3-13-7(14)15-6-5(10(11)12)4-9(2)8-6/h4H,3H2,1-2H3. The van der Waals surface area contributed by atoms with E-state index in [9.17, 15) is 10.1 Å². The number of nitrogens with zero attached hydrogens (tertiary/aromatic N) is 3. The van der Waals surface area contributed by atoms with Crippen molar-refractivity contribution in [1.82, 2.24) is 9.78 Å². The normalized spacial score (nSPS) is 10.0. The van der Waals surface area contributed by atoms with Gasteiger partial charge in [-0.2, -0.15) is 5.10 Å². The van der Waals surface area contributed by atoms with Crippen LogP contribution in [0.5, 0.6) is 0 Å². The maximum atomic E-state index is 10.6. The zero-order chi connectivity index (χ0) is 11.4. The molecule has 0 atom stereocenters. The fraction of sp³-hybridized carbons (Fsp3) is 0.429. The molecule has 0 spiro atoms.